The van der Waals surface area contributed by atoms with Crippen LogP contribution in [0.4, 0.5) is 13.2 Å². The summed E-state index contributed by atoms with van der Waals surface area (Å²) in [4.78, 5) is 0. The van der Waals surface area contributed by atoms with E-state index in [0.29, 0.717) is 11.8 Å². The van der Waals surface area contributed by atoms with Crippen LogP contribution in [-0.4, -0.2) is 6.36 Å². The summed E-state index contributed by atoms with van der Waals surface area (Å²) in [6.07, 6.45) is 5.22. The number of hydrogen-bond acceptors (Lipinski definition) is 2. The fourth-order valence-corrected chi connectivity index (χ4v) is 3.19. The first kappa shape index (κ1) is 17.4. The van der Waals surface area contributed by atoms with Crippen LogP contribution in [-0.2, 0) is 0 Å². The van der Waals surface area contributed by atoms with Gasteiger partial charge in [-0.25, -0.2) is 0 Å². The molecule has 0 N–H and O–H groups in total. The number of ether oxygens (including phenoxy) is 1. The van der Waals surface area contributed by atoms with E-state index in [1.165, 1.54) is 18.2 Å². The van der Waals surface area contributed by atoms with Gasteiger partial charge < -0.3 is 4.74 Å². The van der Waals surface area contributed by atoms with Crippen molar-refractivity contribution in [2.24, 2.45) is 5.92 Å². The lowest BCUT2D eigenvalue weighted by Gasteiger charge is -2.28. The molecule has 5 heteroatoms. The summed E-state index contributed by atoms with van der Waals surface area (Å²) in [6, 6.07) is 8.25. The van der Waals surface area contributed by atoms with Gasteiger partial charge in [-0.1, -0.05) is 18.2 Å². The zero-order chi connectivity index (χ0) is 16.7. The van der Waals surface area contributed by atoms with E-state index in [1.54, 1.807) is 12.1 Å². The predicted molar refractivity (Wildman–Crippen MR) is 81.8 cm³/mol. The lowest BCUT2D eigenvalue weighted by Crippen LogP contribution is -2.17. The summed E-state index contributed by atoms with van der Waals surface area (Å²) >= 11 is 0. The van der Waals surface area contributed by atoms with Crippen molar-refractivity contribution in [2.75, 3.05) is 0 Å². The molecule has 1 aliphatic rings. The van der Waals surface area contributed by atoms with E-state index in [4.69, 9.17) is 5.26 Å². The average Bonchev–Trinajstić information content (AvgIpc) is 2.52. The number of hydrogen-bond donors (Lipinski definition) is 0. The monoisotopic (exact) mass is 323 g/mol. The van der Waals surface area contributed by atoms with E-state index in [2.05, 4.69) is 4.74 Å². The van der Waals surface area contributed by atoms with Gasteiger partial charge in [0.05, 0.1) is 6.07 Å². The summed E-state index contributed by atoms with van der Waals surface area (Å²) in [5, 5.41) is 8.44. The molecule has 1 fully saturated rings. The van der Waals surface area contributed by atoms with Crippen molar-refractivity contribution in [1.82, 2.24) is 0 Å². The van der Waals surface area contributed by atoms with E-state index in [9.17, 15) is 13.2 Å². The Labute approximate surface area is 134 Å². The van der Waals surface area contributed by atoms with E-state index in [0.717, 1.165) is 44.1 Å². The highest BCUT2D eigenvalue weighted by Gasteiger charge is 2.31. The van der Waals surface area contributed by atoms with E-state index in [1.807, 2.05) is 12.1 Å². The van der Waals surface area contributed by atoms with Crippen molar-refractivity contribution >= 4 is 0 Å². The molecule has 0 bridgehead atoms. The van der Waals surface area contributed by atoms with Gasteiger partial charge in [0.25, 0.3) is 0 Å². The van der Waals surface area contributed by atoms with Gasteiger partial charge in [0.1, 0.15) is 5.75 Å². The molecule has 0 radical (unpaired) electrons. The van der Waals surface area contributed by atoms with Crippen molar-refractivity contribution in [3.63, 3.8) is 0 Å². The van der Waals surface area contributed by atoms with E-state index >= 15 is 0 Å². The van der Waals surface area contributed by atoms with Crippen LogP contribution in [0, 0.1) is 17.2 Å². The molecule has 0 aliphatic heterocycles. The standard InChI is InChI=1S/C18H20F3NO/c19-18(20,21)23-17-11-9-16(10-12-17)15-7-5-14(6-8-15)4-2-1-3-13-22/h1,3,9-12,14-15H,2,4-8H2/b3-1+. The molecule has 0 atom stereocenters. The maximum absolute atomic E-state index is 12.1. The van der Waals surface area contributed by atoms with Crippen LogP contribution < -0.4 is 4.74 Å². The number of alkyl halides is 3. The molecule has 0 saturated heterocycles. The third kappa shape index (κ3) is 5.97. The van der Waals surface area contributed by atoms with Gasteiger partial charge in [-0.3, -0.25) is 0 Å². The van der Waals surface area contributed by atoms with Crippen molar-refractivity contribution < 1.29 is 17.9 Å². The van der Waals surface area contributed by atoms with Crippen LogP contribution in [0.5, 0.6) is 5.75 Å². The van der Waals surface area contributed by atoms with Crippen LogP contribution in [0.1, 0.15) is 50.0 Å². The van der Waals surface area contributed by atoms with E-state index in [-0.39, 0.29) is 5.75 Å². The van der Waals surface area contributed by atoms with Crippen LogP contribution >= 0.6 is 0 Å². The average molecular weight is 323 g/mol. The Morgan fingerprint density at radius 1 is 1.13 bits per heavy atom. The van der Waals surface area contributed by atoms with Gasteiger partial charge in [-0.05, 0) is 68.1 Å². The summed E-state index contributed by atoms with van der Waals surface area (Å²) in [7, 11) is 0. The first-order valence-corrected chi connectivity index (χ1v) is 7.88. The Morgan fingerprint density at radius 2 is 1.78 bits per heavy atom. The fourth-order valence-electron chi connectivity index (χ4n) is 3.19. The van der Waals surface area contributed by atoms with Gasteiger partial charge >= 0.3 is 6.36 Å². The van der Waals surface area contributed by atoms with Crippen LogP contribution in [0.25, 0.3) is 0 Å². The lowest BCUT2D eigenvalue weighted by atomic mass is 9.77. The zero-order valence-corrected chi connectivity index (χ0v) is 12.9. The molecule has 0 amide bonds. The molecule has 124 valence electrons. The molecule has 0 unspecified atom stereocenters. The molecule has 1 aromatic carbocycles. The number of allylic oxidation sites excluding steroid dienone is 2. The molecule has 0 aromatic heterocycles. The molecular weight excluding hydrogens is 303 g/mol. The Bertz CT molecular complexity index is 549. The van der Waals surface area contributed by atoms with E-state index < -0.39 is 6.36 Å². The number of benzene rings is 1. The predicted octanol–water partition coefficient (Wildman–Crippen LogP) is 5.72. The highest BCUT2D eigenvalue weighted by molar-refractivity contribution is 5.29. The number of halogens is 3. The van der Waals surface area contributed by atoms with Gasteiger partial charge in [-0.15, -0.1) is 13.2 Å². The summed E-state index contributed by atoms with van der Waals surface area (Å²) in [6.45, 7) is 0. The van der Waals surface area contributed by atoms with Gasteiger partial charge in [0.2, 0.25) is 0 Å². The van der Waals surface area contributed by atoms with Gasteiger partial charge in [0.15, 0.2) is 0 Å². The number of rotatable bonds is 5. The highest BCUT2D eigenvalue weighted by atomic mass is 19.4. The van der Waals surface area contributed by atoms with Crippen molar-refractivity contribution in [1.29, 1.82) is 5.26 Å². The minimum absolute atomic E-state index is 0.167. The van der Waals surface area contributed by atoms with Crippen LogP contribution in [0.15, 0.2) is 36.4 Å². The molecule has 2 nitrogen and oxygen atoms in total. The van der Waals surface area contributed by atoms with Gasteiger partial charge in [0, 0.05) is 6.08 Å². The minimum Gasteiger partial charge on any atom is -0.406 e. The fraction of sp³-hybridized carbons (Fsp3) is 0.500. The summed E-state index contributed by atoms with van der Waals surface area (Å²) in [5.74, 6) is 0.933. The van der Waals surface area contributed by atoms with Gasteiger partial charge in [-0.2, -0.15) is 5.26 Å². The SMILES string of the molecule is N#C/C=C/CCC1CCC(c2ccc(OC(F)(F)F)cc2)CC1. The molecular formula is C18H20F3NO. The third-order valence-corrected chi connectivity index (χ3v) is 4.37. The second kappa shape index (κ2) is 8.05. The Hall–Kier alpha value is -1.96. The Kier molecular flexibility index (Phi) is 6.09. The van der Waals surface area contributed by atoms with Crippen molar-refractivity contribution in [2.45, 2.75) is 50.8 Å². The first-order chi connectivity index (χ1) is 11.0. The molecule has 23 heavy (non-hydrogen) atoms. The molecule has 0 spiro atoms. The normalized spacial score (nSPS) is 22.0. The smallest absolute Gasteiger partial charge is 0.406 e. The lowest BCUT2D eigenvalue weighted by molar-refractivity contribution is -0.274. The second-order valence-electron chi connectivity index (χ2n) is 5.94. The Balaban J connectivity index is 1.81. The molecule has 1 saturated carbocycles. The van der Waals surface area contributed by atoms with Crippen LogP contribution in [0.2, 0.25) is 0 Å². The van der Waals surface area contributed by atoms with Crippen molar-refractivity contribution in [3.05, 3.63) is 42.0 Å². The largest absolute Gasteiger partial charge is 0.573 e. The second-order valence-corrected chi connectivity index (χ2v) is 5.94. The number of nitrogens with zero attached hydrogens (tertiary/aromatic N) is 1. The third-order valence-electron chi connectivity index (χ3n) is 4.37. The summed E-state index contributed by atoms with van der Waals surface area (Å²) in [5.41, 5.74) is 1.09. The maximum Gasteiger partial charge on any atom is 0.573 e. The van der Waals surface area contributed by atoms with Crippen LogP contribution in [0.3, 0.4) is 0 Å². The summed E-state index contributed by atoms with van der Waals surface area (Å²) < 4.78 is 40.3. The van der Waals surface area contributed by atoms with Crippen molar-refractivity contribution in [3.8, 4) is 11.8 Å². The topological polar surface area (TPSA) is 33.0 Å². The highest BCUT2D eigenvalue weighted by Crippen LogP contribution is 2.38. The molecule has 1 aromatic rings. The minimum atomic E-state index is -4.64. The zero-order valence-electron chi connectivity index (χ0n) is 12.9. The molecule has 2 rings (SSSR count). The molecule has 1 aliphatic carbocycles. The number of nitriles is 1. The quantitative estimate of drug-likeness (QED) is 0.649. The Morgan fingerprint density at radius 3 is 2.35 bits per heavy atom. The maximum atomic E-state index is 12.1. The molecule has 0 heterocycles. The first-order valence-electron chi connectivity index (χ1n) is 7.88.